The molecule has 7 atom stereocenters. The van der Waals surface area contributed by atoms with Crippen LogP contribution in [0.2, 0.25) is 0 Å². The Hall–Kier alpha value is -1.07. The van der Waals surface area contributed by atoms with Gasteiger partial charge >= 0.3 is 0 Å². The molecule has 47 heavy (non-hydrogen) atoms. The van der Waals surface area contributed by atoms with Crippen molar-refractivity contribution in [3.8, 4) is 0 Å². The highest BCUT2D eigenvalue weighted by molar-refractivity contribution is 5.76. The van der Waals surface area contributed by atoms with Gasteiger partial charge in [-0.3, -0.25) is 4.79 Å². The molecule has 1 saturated heterocycles. The van der Waals surface area contributed by atoms with Gasteiger partial charge in [0.15, 0.2) is 6.29 Å². The van der Waals surface area contributed by atoms with Gasteiger partial charge in [-0.1, -0.05) is 154 Å². The van der Waals surface area contributed by atoms with E-state index in [-0.39, 0.29) is 12.5 Å². The van der Waals surface area contributed by atoms with Crippen molar-refractivity contribution in [3.05, 3.63) is 12.2 Å². The molecule has 1 amide bonds. The Morgan fingerprint density at radius 2 is 1.17 bits per heavy atom. The predicted octanol–water partition coefficient (Wildman–Crippen LogP) is 6.61. The smallest absolute Gasteiger partial charge is 0.220 e. The predicted molar refractivity (Wildman–Crippen MR) is 189 cm³/mol. The number of nitrogens with one attached hydrogen (secondary N) is 1. The van der Waals surface area contributed by atoms with Crippen LogP contribution in [0.1, 0.15) is 168 Å². The van der Waals surface area contributed by atoms with Crippen molar-refractivity contribution in [2.75, 3.05) is 13.2 Å². The minimum Gasteiger partial charge on any atom is -0.394 e. The SMILES string of the molecule is CCCCCCCCCCCCC/C=C/C(O)C(COC1OC(CO)C(O)C(O)C1O)NC(=O)CCCCCCCCCCCCC. The maximum atomic E-state index is 12.8. The minimum absolute atomic E-state index is 0.179. The van der Waals surface area contributed by atoms with Crippen LogP contribution in [0.3, 0.4) is 0 Å². The van der Waals surface area contributed by atoms with Gasteiger partial charge in [0.1, 0.15) is 24.4 Å². The highest BCUT2D eigenvalue weighted by Crippen LogP contribution is 2.22. The molecule has 1 rings (SSSR count). The van der Waals surface area contributed by atoms with Crippen LogP contribution in [0.5, 0.6) is 0 Å². The molecule has 0 bridgehead atoms. The Labute approximate surface area is 286 Å². The van der Waals surface area contributed by atoms with E-state index in [2.05, 4.69) is 19.2 Å². The molecule has 0 aromatic rings. The maximum Gasteiger partial charge on any atom is 0.220 e. The fourth-order valence-corrected chi connectivity index (χ4v) is 6.15. The molecule has 1 fully saturated rings. The zero-order valence-electron chi connectivity index (χ0n) is 30.0. The molecule has 7 unspecified atom stereocenters. The number of hydrogen-bond acceptors (Lipinski definition) is 8. The zero-order valence-corrected chi connectivity index (χ0v) is 30.0. The number of aliphatic hydroxyl groups excluding tert-OH is 5. The van der Waals surface area contributed by atoms with E-state index in [1.807, 2.05) is 6.08 Å². The van der Waals surface area contributed by atoms with Crippen molar-refractivity contribution >= 4 is 5.91 Å². The second kappa shape index (κ2) is 29.8. The van der Waals surface area contributed by atoms with Crippen molar-refractivity contribution in [3.63, 3.8) is 0 Å². The summed E-state index contributed by atoms with van der Waals surface area (Å²) in [4.78, 5) is 12.8. The van der Waals surface area contributed by atoms with E-state index in [0.717, 1.165) is 38.5 Å². The summed E-state index contributed by atoms with van der Waals surface area (Å²) in [5.74, 6) is -0.179. The fraction of sp³-hybridized carbons (Fsp3) is 0.921. The number of ether oxygens (including phenoxy) is 2. The first-order valence-corrected chi connectivity index (χ1v) is 19.4. The van der Waals surface area contributed by atoms with E-state index in [9.17, 15) is 30.3 Å². The third-order valence-corrected chi connectivity index (χ3v) is 9.36. The molecular formula is C38H73NO8. The van der Waals surface area contributed by atoms with Crippen LogP contribution in [0.15, 0.2) is 12.2 Å². The zero-order chi connectivity index (χ0) is 34.5. The Balaban J connectivity index is 2.46. The van der Waals surface area contributed by atoms with Gasteiger partial charge in [-0.25, -0.2) is 0 Å². The van der Waals surface area contributed by atoms with E-state index >= 15 is 0 Å². The molecule has 0 aliphatic carbocycles. The van der Waals surface area contributed by atoms with Gasteiger partial charge in [0.05, 0.1) is 25.4 Å². The molecule has 0 radical (unpaired) electrons. The second-order valence-electron chi connectivity index (χ2n) is 13.7. The van der Waals surface area contributed by atoms with Crippen molar-refractivity contribution < 1.29 is 39.8 Å². The molecule has 1 aliphatic heterocycles. The summed E-state index contributed by atoms with van der Waals surface area (Å²) in [5.41, 5.74) is 0. The molecule has 0 aromatic heterocycles. The summed E-state index contributed by atoms with van der Waals surface area (Å²) >= 11 is 0. The van der Waals surface area contributed by atoms with Gasteiger partial charge in [-0.05, 0) is 19.3 Å². The number of rotatable bonds is 31. The summed E-state index contributed by atoms with van der Waals surface area (Å²) in [6.07, 6.45) is 23.9. The van der Waals surface area contributed by atoms with E-state index in [1.54, 1.807) is 6.08 Å². The number of unbranched alkanes of at least 4 members (excludes halogenated alkanes) is 21. The number of allylic oxidation sites excluding steroid dienone is 1. The number of hydrogen-bond donors (Lipinski definition) is 6. The summed E-state index contributed by atoms with van der Waals surface area (Å²) in [7, 11) is 0. The average Bonchev–Trinajstić information content (AvgIpc) is 3.07. The first-order chi connectivity index (χ1) is 22.8. The Morgan fingerprint density at radius 3 is 1.66 bits per heavy atom. The van der Waals surface area contributed by atoms with Gasteiger partial charge in [0.25, 0.3) is 0 Å². The highest BCUT2D eigenvalue weighted by atomic mass is 16.7. The molecule has 0 saturated carbocycles. The molecule has 0 spiro atoms. The lowest BCUT2D eigenvalue weighted by Gasteiger charge is -2.40. The highest BCUT2D eigenvalue weighted by Gasteiger charge is 2.44. The van der Waals surface area contributed by atoms with Crippen LogP contribution in [0, 0.1) is 0 Å². The van der Waals surface area contributed by atoms with Gasteiger partial charge < -0.3 is 40.3 Å². The molecule has 0 aromatic carbocycles. The number of amides is 1. The summed E-state index contributed by atoms with van der Waals surface area (Å²) in [6, 6.07) is -0.795. The molecule has 9 heteroatoms. The van der Waals surface area contributed by atoms with E-state index in [4.69, 9.17) is 9.47 Å². The van der Waals surface area contributed by atoms with Crippen LogP contribution in [0.25, 0.3) is 0 Å². The van der Waals surface area contributed by atoms with Gasteiger partial charge in [0, 0.05) is 6.42 Å². The molecular weight excluding hydrogens is 598 g/mol. The standard InChI is InChI=1S/C38H73NO8/c1-3-5-7-9-11-13-15-16-18-19-21-23-25-27-32(41)31(30-46-38-37(45)36(44)35(43)33(29-40)47-38)39-34(42)28-26-24-22-20-17-14-12-10-8-6-4-2/h25,27,31-33,35-38,40-41,43-45H,3-24,26,28-30H2,1-2H3,(H,39,42)/b27-25+. The average molecular weight is 672 g/mol. The maximum absolute atomic E-state index is 12.8. The van der Waals surface area contributed by atoms with Crippen molar-refractivity contribution in [2.45, 2.75) is 211 Å². The van der Waals surface area contributed by atoms with Crippen LogP contribution in [0.4, 0.5) is 0 Å². The normalized spacial score (nSPS) is 22.9. The monoisotopic (exact) mass is 672 g/mol. The van der Waals surface area contributed by atoms with Gasteiger partial charge in [-0.15, -0.1) is 0 Å². The Morgan fingerprint density at radius 1 is 0.702 bits per heavy atom. The summed E-state index contributed by atoms with van der Waals surface area (Å²) in [6.45, 7) is 3.74. The fourth-order valence-electron chi connectivity index (χ4n) is 6.15. The van der Waals surface area contributed by atoms with E-state index in [1.165, 1.54) is 109 Å². The van der Waals surface area contributed by atoms with Crippen LogP contribution >= 0.6 is 0 Å². The molecule has 1 heterocycles. The van der Waals surface area contributed by atoms with E-state index < -0.39 is 49.5 Å². The number of carbonyl (C=O) groups excluding carboxylic acids is 1. The first kappa shape index (κ1) is 44.0. The lowest BCUT2D eigenvalue weighted by molar-refractivity contribution is -0.302. The van der Waals surface area contributed by atoms with Crippen molar-refractivity contribution in [1.29, 1.82) is 0 Å². The number of carbonyl (C=O) groups is 1. The van der Waals surface area contributed by atoms with Gasteiger partial charge in [-0.2, -0.15) is 0 Å². The quantitative estimate of drug-likeness (QED) is 0.0357. The largest absolute Gasteiger partial charge is 0.394 e. The second-order valence-corrected chi connectivity index (χ2v) is 13.7. The summed E-state index contributed by atoms with van der Waals surface area (Å²) < 4.78 is 11.1. The van der Waals surface area contributed by atoms with Crippen molar-refractivity contribution in [1.82, 2.24) is 5.32 Å². The topological polar surface area (TPSA) is 149 Å². The minimum atomic E-state index is -1.56. The Bertz CT molecular complexity index is 751. The third-order valence-electron chi connectivity index (χ3n) is 9.36. The van der Waals surface area contributed by atoms with E-state index in [0.29, 0.717) is 6.42 Å². The van der Waals surface area contributed by atoms with Crippen LogP contribution in [-0.4, -0.2) is 87.5 Å². The summed E-state index contributed by atoms with van der Waals surface area (Å²) in [5, 5.41) is 53.8. The lowest BCUT2D eigenvalue weighted by atomic mass is 9.99. The molecule has 9 nitrogen and oxygen atoms in total. The van der Waals surface area contributed by atoms with Crippen molar-refractivity contribution in [2.24, 2.45) is 0 Å². The first-order valence-electron chi connectivity index (χ1n) is 19.4. The van der Waals surface area contributed by atoms with Crippen LogP contribution in [-0.2, 0) is 14.3 Å². The molecule has 1 aliphatic rings. The lowest BCUT2D eigenvalue weighted by Crippen LogP contribution is -2.60. The number of aliphatic hydroxyl groups is 5. The molecule has 278 valence electrons. The molecule has 6 N–H and O–H groups in total. The van der Waals surface area contributed by atoms with Gasteiger partial charge in [0.2, 0.25) is 5.91 Å². The van der Waals surface area contributed by atoms with Crippen LogP contribution < -0.4 is 5.32 Å². The Kier molecular flexibility index (Phi) is 27.9. The third kappa shape index (κ3) is 21.6.